The Morgan fingerprint density at radius 1 is 1.32 bits per heavy atom. The Balaban J connectivity index is 2.30. The fourth-order valence-electron chi connectivity index (χ4n) is 1.24. The zero-order valence-corrected chi connectivity index (χ0v) is 11.6. The lowest BCUT2D eigenvalue weighted by molar-refractivity contribution is -0.143. The van der Waals surface area contributed by atoms with Gasteiger partial charge in [-0.15, -0.1) is 0 Å². The largest absolute Gasteiger partial charge is 0.493 e. The third kappa shape index (κ3) is 5.71. The molecule has 0 radical (unpaired) electrons. The van der Waals surface area contributed by atoms with Crippen LogP contribution in [0.4, 0.5) is 0 Å². The molecule has 1 aromatic carbocycles. The highest BCUT2D eigenvalue weighted by Crippen LogP contribution is 2.16. The Kier molecular flexibility index (Phi) is 6.31. The Morgan fingerprint density at radius 2 is 1.95 bits per heavy atom. The molecule has 1 aromatic rings. The third-order valence-corrected chi connectivity index (χ3v) is 2.76. The normalized spacial score (nSPS) is 11.7. The molecule has 0 heterocycles. The van der Waals surface area contributed by atoms with Crippen molar-refractivity contribution < 1.29 is 24.5 Å². The van der Waals surface area contributed by atoms with Crippen LogP contribution in [0, 0.1) is 0 Å². The number of carboxylic acids is 1. The molecule has 19 heavy (non-hydrogen) atoms. The number of carboxylic acid groups (broad SMARTS) is 1. The average molecular weight is 332 g/mol. The average Bonchev–Trinajstić information content (AvgIpc) is 2.38. The number of aliphatic carboxylic acids is 1. The summed E-state index contributed by atoms with van der Waals surface area (Å²) in [5.41, 5.74) is 0. The molecule has 7 heteroatoms. The topological polar surface area (TPSA) is 95.9 Å². The quantitative estimate of drug-likeness (QED) is 0.686. The summed E-state index contributed by atoms with van der Waals surface area (Å²) in [6.45, 7) is -0.514. The monoisotopic (exact) mass is 331 g/mol. The van der Waals surface area contributed by atoms with E-state index in [-0.39, 0.29) is 13.0 Å². The molecule has 0 aliphatic heterocycles. The van der Waals surface area contributed by atoms with Gasteiger partial charge in [-0.1, -0.05) is 15.9 Å². The minimum absolute atomic E-state index is 0.0137. The number of benzene rings is 1. The van der Waals surface area contributed by atoms with Crippen molar-refractivity contribution in [2.45, 2.75) is 12.5 Å². The van der Waals surface area contributed by atoms with E-state index < -0.39 is 24.5 Å². The highest BCUT2D eigenvalue weighted by Gasteiger charge is 2.18. The van der Waals surface area contributed by atoms with Crippen LogP contribution in [0.25, 0.3) is 0 Å². The summed E-state index contributed by atoms with van der Waals surface area (Å²) < 4.78 is 6.24. The molecule has 0 aliphatic carbocycles. The van der Waals surface area contributed by atoms with E-state index in [0.29, 0.717) is 5.75 Å². The summed E-state index contributed by atoms with van der Waals surface area (Å²) in [5, 5.41) is 19.6. The number of ether oxygens (including phenoxy) is 1. The van der Waals surface area contributed by atoms with Gasteiger partial charge in [0.2, 0.25) is 5.91 Å². The van der Waals surface area contributed by atoms with E-state index in [1.165, 1.54) is 0 Å². The van der Waals surface area contributed by atoms with Crippen molar-refractivity contribution in [2.24, 2.45) is 0 Å². The van der Waals surface area contributed by atoms with Crippen LogP contribution in [-0.4, -0.2) is 41.3 Å². The number of rotatable bonds is 7. The molecule has 104 valence electrons. The molecule has 1 rings (SSSR count). The molecule has 0 spiro atoms. The summed E-state index contributed by atoms with van der Waals surface area (Å²) >= 11 is 3.29. The van der Waals surface area contributed by atoms with Gasteiger partial charge in [0.15, 0.2) is 0 Å². The van der Waals surface area contributed by atoms with Gasteiger partial charge in [-0.25, -0.2) is 4.79 Å². The standard InChI is InChI=1S/C12H14BrNO5/c13-8-1-3-9(4-2-8)19-6-5-11(16)14-10(7-15)12(17)18/h1-4,10,15H,5-7H2,(H,14,16)(H,17,18)/t10-/m1/s1. The van der Waals surface area contributed by atoms with E-state index in [0.717, 1.165) is 4.47 Å². The second-order valence-electron chi connectivity index (χ2n) is 3.69. The van der Waals surface area contributed by atoms with E-state index in [2.05, 4.69) is 21.2 Å². The number of hydrogen-bond donors (Lipinski definition) is 3. The molecule has 0 saturated heterocycles. The van der Waals surface area contributed by atoms with Gasteiger partial charge < -0.3 is 20.3 Å². The number of carbonyl (C=O) groups is 2. The van der Waals surface area contributed by atoms with Gasteiger partial charge in [0.05, 0.1) is 19.6 Å². The number of halogens is 1. The van der Waals surface area contributed by atoms with Gasteiger partial charge in [-0.05, 0) is 24.3 Å². The van der Waals surface area contributed by atoms with E-state index >= 15 is 0 Å². The molecule has 3 N–H and O–H groups in total. The summed E-state index contributed by atoms with van der Waals surface area (Å²) in [7, 11) is 0. The number of aliphatic hydroxyl groups excluding tert-OH is 1. The number of nitrogens with one attached hydrogen (secondary N) is 1. The number of amides is 1. The van der Waals surface area contributed by atoms with Crippen molar-refractivity contribution >= 4 is 27.8 Å². The van der Waals surface area contributed by atoms with Crippen LogP contribution < -0.4 is 10.1 Å². The molecule has 1 amide bonds. The van der Waals surface area contributed by atoms with E-state index in [1.807, 2.05) is 12.1 Å². The summed E-state index contributed by atoms with van der Waals surface area (Å²) in [5.74, 6) is -1.14. The first-order valence-electron chi connectivity index (χ1n) is 5.54. The third-order valence-electron chi connectivity index (χ3n) is 2.23. The molecule has 0 unspecified atom stereocenters. The van der Waals surface area contributed by atoms with Crippen LogP contribution in [0.2, 0.25) is 0 Å². The smallest absolute Gasteiger partial charge is 0.328 e. The Bertz CT molecular complexity index is 434. The maximum Gasteiger partial charge on any atom is 0.328 e. The van der Waals surface area contributed by atoms with Crippen molar-refractivity contribution in [2.75, 3.05) is 13.2 Å². The molecule has 1 atom stereocenters. The van der Waals surface area contributed by atoms with Crippen molar-refractivity contribution in [3.8, 4) is 5.75 Å². The zero-order valence-electron chi connectivity index (χ0n) is 10.0. The van der Waals surface area contributed by atoms with Gasteiger partial charge in [0, 0.05) is 4.47 Å². The first-order valence-corrected chi connectivity index (χ1v) is 6.33. The predicted molar refractivity (Wildman–Crippen MR) is 70.9 cm³/mol. The van der Waals surface area contributed by atoms with Gasteiger partial charge in [-0.2, -0.15) is 0 Å². The SMILES string of the molecule is O=C(CCOc1ccc(Br)cc1)N[C@H](CO)C(=O)O. The Labute approximate surface area is 118 Å². The van der Waals surface area contributed by atoms with Gasteiger partial charge in [0.1, 0.15) is 11.8 Å². The number of carbonyl (C=O) groups excluding carboxylic acids is 1. The lowest BCUT2D eigenvalue weighted by Gasteiger charge is -2.11. The minimum atomic E-state index is -1.28. The molecule has 6 nitrogen and oxygen atoms in total. The fourth-order valence-corrected chi connectivity index (χ4v) is 1.51. The molecular formula is C12H14BrNO5. The van der Waals surface area contributed by atoms with Gasteiger partial charge in [-0.3, -0.25) is 4.79 Å². The minimum Gasteiger partial charge on any atom is -0.493 e. The highest BCUT2D eigenvalue weighted by atomic mass is 79.9. The maximum atomic E-state index is 11.4. The van der Waals surface area contributed by atoms with Crippen LogP contribution in [-0.2, 0) is 9.59 Å². The molecule has 0 saturated carbocycles. The molecule has 0 aromatic heterocycles. The van der Waals surface area contributed by atoms with E-state index in [4.69, 9.17) is 14.9 Å². The van der Waals surface area contributed by atoms with Crippen LogP contribution in [0.15, 0.2) is 28.7 Å². The van der Waals surface area contributed by atoms with Crippen molar-refractivity contribution in [1.29, 1.82) is 0 Å². The second-order valence-corrected chi connectivity index (χ2v) is 4.61. The predicted octanol–water partition coefficient (Wildman–Crippen LogP) is 0.780. The second kappa shape index (κ2) is 7.75. The van der Waals surface area contributed by atoms with E-state index in [9.17, 15) is 9.59 Å². The van der Waals surface area contributed by atoms with Crippen molar-refractivity contribution in [3.63, 3.8) is 0 Å². The Morgan fingerprint density at radius 3 is 2.47 bits per heavy atom. The Hall–Kier alpha value is -1.60. The van der Waals surface area contributed by atoms with Crippen LogP contribution in [0.1, 0.15) is 6.42 Å². The first-order chi connectivity index (χ1) is 9.02. The van der Waals surface area contributed by atoms with E-state index in [1.54, 1.807) is 12.1 Å². The van der Waals surface area contributed by atoms with Crippen molar-refractivity contribution in [3.05, 3.63) is 28.7 Å². The summed E-state index contributed by atoms with van der Waals surface area (Å²) in [6, 6.07) is 5.83. The molecule has 0 aliphatic rings. The maximum absolute atomic E-state index is 11.4. The summed E-state index contributed by atoms with van der Waals surface area (Å²) in [4.78, 5) is 22.0. The lowest BCUT2D eigenvalue weighted by atomic mass is 10.3. The fraction of sp³-hybridized carbons (Fsp3) is 0.333. The van der Waals surface area contributed by atoms with Gasteiger partial charge in [0.25, 0.3) is 0 Å². The number of aliphatic hydroxyl groups is 1. The molecular weight excluding hydrogens is 318 g/mol. The lowest BCUT2D eigenvalue weighted by Crippen LogP contribution is -2.43. The van der Waals surface area contributed by atoms with Crippen LogP contribution >= 0.6 is 15.9 Å². The first kappa shape index (κ1) is 15.5. The zero-order chi connectivity index (χ0) is 14.3. The summed E-state index contributed by atoms with van der Waals surface area (Å²) in [6.07, 6.45) is 0.0137. The van der Waals surface area contributed by atoms with Gasteiger partial charge >= 0.3 is 5.97 Å². The molecule has 0 bridgehead atoms. The van der Waals surface area contributed by atoms with Crippen LogP contribution in [0.5, 0.6) is 5.75 Å². The number of hydrogen-bond acceptors (Lipinski definition) is 4. The molecule has 0 fully saturated rings. The van der Waals surface area contributed by atoms with Crippen molar-refractivity contribution in [1.82, 2.24) is 5.32 Å². The highest BCUT2D eigenvalue weighted by molar-refractivity contribution is 9.10. The van der Waals surface area contributed by atoms with Crippen LogP contribution in [0.3, 0.4) is 0 Å².